The number of carboxylic acids is 1. The van der Waals surface area contributed by atoms with Gasteiger partial charge in [0.05, 0.1) is 5.56 Å². The van der Waals surface area contributed by atoms with Crippen LogP contribution in [0.25, 0.3) is 10.4 Å². The van der Waals surface area contributed by atoms with E-state index in [0.717, 1.165) is 38.6 Å². The predicted molar refractivity (Wildman–Crippen MR) is 117 cm³/mol. The van der Waals surface area contributed by atoms with Crippen molar-refractivity contribution >= 4 is 17.3 Å². The Kier molecular flexibility index (Phi) is 7.58. The van der Waals surface area contributed by atoms with Gasteiger partial charge in [-0.2, -0.15) is 13.2 Å². The molecule has 1 N–H and O–H groups in total. The van der Waals surface area contributed by atoms with Crippen molar-refractivity contribution in [3.8, 4) is 16.2 Å². The number of benzene rings is 2. The van der Waals surface area contributed by atoms with Crippen LogP contribution < -0.4 is 4.74 Å². The number of hydrogen-bond acceptors (Lipinski definition) is 4. The SMILES string of the molecule is CCO[C@@H](Cc1ccc(OCc2sc(-c3ccc(C(F)(F)F)cc3)cc2C)cc1)C(=O)O. The van der Waals surface area contributed by atoms with Gasteiger partial charge in [-0.25, -0.2) is 4.79 Å². The molecule has 0 aliphatic heterocycles. The summed E-state index contributed by atoms with van der Waals surface area (Å²) in [5.74, 6) is -0.356. The molecule has 3 rings (SSSR count). The molecule has 1 atom stereocenters. The monoisotopic (exact) mass is 464 g/mol. The Hall–Kier alpha value is -2.84. The molecule has 0 aliphatic carbocycles. The molecule has 0 bridgehead atoms. The van der Waals surface area contributed by atoms with Crippen LogP contribution in [0.15, 0.2) is 54.6 Å². The third-order valence-electron chi connectivity index (χ3n) is 4.87. The molecule has 32 heavy (non-hydrogen) atoms. The Bertz CT molecular complexity index is 1040. The average molecular weight is 465 g/mol. The van der Waals surface area contributed by atoms with E-state index in [1.807, 2.05) is 13.0 Å². The minimum absolute atomic E-state index is 0.268. The van der Waals surface area contributed by atoms with Crippen molar-refractivity contribution in [2.75, 3.05) is 6.61 Å². The van der Waals surface area contributed by atoms with Crippen molar-refractivity contribution in [3.63, 3.8) is 0 Å². The molecule has 1 heterocycles. The lowest BCUT2D eigenvalue weighted by atomic mass is 10.1. The van der Waals surface area contributed by atoms with Crippen LogP contribution in [0.4, 0.5) is 13.2 Å². The van der Waals surface area contributed by atoms with Crippen LogP contribution in [0.2, 0.25) is 0 Å². The van der Waals surface area contributed by atoms with E-state index in [1.54, 1.807) is 31.2 Å². The minimum Gasteiger partial charge on any atom is -0.488 e. The molecule has 3 aromatic rings. The molecule has 0 saturated carbocycles. The highest BCUT2D eigenvalue weighted by Gasteiger charge is 2.30. The van der Waals surface area contributed by atoms with Crippen LogP contribution in [0, 0.1) is 6.92 Å². The van der Waals surface area contributed by atoms with Gasteiger partial charge in [-0.05, 0) is 60.9 Å². The van der Waals surface area contributed by atoms with Crippen molar-refractivity contribution < 1.29 is 32.5 Å². The third-order valence-corrected chi connectivity index (χ3v) is 6.13. The lowest BCUT2D eigenvalue weighted by molar-refractivity contribution is -0.150. The number of carboxylic acid groups (broad SMARTS) is 1. The maximum atomic E-state index is 12.8. The molecule has 0 fully saturated rings. The number of alkyl halides is 3. The Morgan fingerprint density at radius 2 is 1.75 bits per heavy atom. The molecular formula is C24H23F3O4S. The first kappa shape index (κ1) is 23.8. The van der Waals surface area contributed by atoms with Crippen LogP contribution in [0.1, 0.15) is 28.5 Å². The lowest BCUT2D eigenvalue weighted by Crippen LogP contribution is -2.26. The van der Waals surface area contributed by atoms with Gasteiger partial charge in [0.15, 0.2) is 6.10 Å². The lowest BCUT2D eigenvalue weighted by Gasteiger charge is -2.13. The number of hydrogen-bond donors (Lipinski definition) is 1. The van der Waals surface area contributed by atoms with Gasteiger partial charge in [0.25, 0.3) is 0 Å². The number of rotatable bonds is 9. The van der Waals surface area contributed by atoms with Crippen LogP contribution in [-0.4, -0.2) is 23.8 Å². The van der Waals surface area contributed by atoms with E-state index in [1.165, 1.54) is 23.5 Å². The highest BCUT2D eigenvalue weighted by molar-refractivity contribution is 7.15. The van der Waals surface area contributed by atoms with E-state index in [9.17, 15) is 23.1 Å². The highest BCUT2D eigenvalue weighted by Crippen LogP contribution is 2.35. The van der Waals surface area contributed by atoms with Crippen molar-refractivity contribution in [3.05, 3.63) is 76.2 Å². The largest absolute Gasteiger partial charge is 0.488 e. The smallest absolute Gasteiger partial charge is 0.416 e. The van der Waals surface area contributed by atoms with E-state index in [4.69, 9.17) is 9.47 Å². The summed E-state index contributed by atoms with van der Waals surface area (Å²) in [6.07, 6.45) is -4.97. The van der Waals surface area contributed by atoms with E-state index in [2.05, 4.69) is 0 Å². The zero-order chi connectivity index (χ0) is 23.3. The van der Waals surface area contributed by atoms with Gasteiger partial charge in [0.2, 0.25) is 0 Å². The summed E-state index contributed by atoms with van der Waals surface area (Å²) in [6, 6.07) is 14.2. The number of aliphatic carboxylic acids is 1. The second kappa shape index (κ2) is 10.2. The first-order valence-corrected chi connectivity index (χ1v) is 10.8. The summed E-state index contributed by atoms with van der Waals surface area (Å²) in [6.45, 7) is 4.34. The fourth-order valence-corrected chi connectivity index (χ4v) is 4.23. The second-order valence-corrected chi connectivity index (χ2v) is 8.35. The molecule has 170 valence electrons. The fraction of sp³-hybridized carbons (Fsp3) is 0.292. The average Bonchev–Trinajstić information content (AvgIpc) is 3.13. The fourth-order valence-electron chi connectivity index (χ4n) is 3.13. The number of ether oxygens (including phenoxy) is 2. The van der Waals surface area contributed by atoms with E-state index in [-0.39, 0.29) is 6.42 Å². The standard InChI is InChI=1S/C24H23F3O4S/c1-3-30-20(23(28)29)13-16-4-10-19(11-5-16)31-14-22-15(2)12-21(32-22)17-6-8-18(9-7-17)24(25,26)27/h4-12,20H,3,13-14H2,1-2H3,(H,28,29)/t20-/m0/s1. The van der Waals surface area contributed by atoms with Crippen LogP contribution in [-0.2, 0) is 28.7 Å². The van der Waals surface area contributed by atoms with Crippen LogP contribution in [0.3, 0.4) is 0 Å². The zero-order valence-corrected chi connectivity index (χ0v) is 18.4. The van der Waals surface area contributed by atoms with E-state index < -0.39 is 23.8 Å². The Balaban J connectivity index is 1.63. The molecule has 2 aromatic carbocycles. The maximum absolute atomic E-state index is 12.8. The van der Waals surface area contributed by atoms with Gasteiger partial charge < -0.3 is 14.6 Å². The van der Waals surface area contributed by atoms with Gasteiger partial charge in [-0.3, -0.25) is 0 Å². The van der Waals surface area contributed by atoms with Crippen molar-refractivity contribution in [1.29, 1.82) is 0 Å². The summed E-state index contributed by atoms with van der Waals surface area (Å²) < 4.78 is 49.4. The highest BCUT2D eigenvalue weighted by atomic mass is 32.1. The second-order valence-electron chi connectivity index (χ2n) is 7.21. The topological polar surface area (TPSA) is 55.8 Å². The van der Waals surface area contributed by atoms with Crippen molar-refractivity contribution in [2.45, 2.75) is 39.2 Å². The van der Waals surface area contributed by atoms with Gasteiger partial charge in [-0.15, -0.1) is 11.3 Å². The first-order chi connectivity index (χ1) is 15.2. The normalized spacial score (nSPS) is 12.5. The number of halogens is 3. The molecule has 0 saturated heterocycles. The van der Waals surface area contributed by atoms with Gasteiger partial charge >= 0.3 is 12.1 Å². The summed E-state index contributed by atoms with van der Waals surface area (Å²) in [7, 11) is 0. The Morgan fingerprint density at radius 3 is 2.31 bits per heavy atom. The number of carbonyl (C=O) groups is 1. The maximum Gasteiger partial charge on any atom is 0.416 e. The van der Waals surface area contributed by atoms with E-state index in [0.29, 0.717) is 19.0 Å². The Labute approximate surface area is 188 Å². The molecule has 0 unspecified atom stereocenters. The third kappa shape index (κ3) is 6.11. The van der Waals surface area contributed by atoms with Gasteiger partial charge in [0.1, 0.15) is 12.4 Å². The van der Waals surface area contributed by atoms with Crippen molar-refractivity contribution in [2.24, 2.45) is 0 Å². The summed E-state index contributed by atoms with van der Waals surface area (Å²) >= 11 is 1.48. The molecule has 4 nitrogen and oxygen atoms in total. The predicted octanol–water partition coefficient (Wildman–Crippen LogP) is 6.35. The van der Waals surface area contributed by atoms with Crippen molar-refractivity contribution in [1.82, 2.24) is 0 Å². The molecule has 8 heteroatoms. The molecular weight excluding hydrogens is 441 g/mol. The molecule has 0 spiro atoms. The minimum atomic E-state index is -4.35. The summed E-state index contributed by atoms with van der Waals surface area (Å²) in [4.78, 5) is 13.1. The number of aryl methyl sites for hydroxylation is 1. The van der Waals surface area contributed by atoms with Gasteiger partial charge in [-0.1, -0.05) is 24.3 Å². The summed E-state index contributed by atoms with van der Waals surface area (Å²) in [5, 5.41) is 9.19. The first-order valence-electron chi connectivity index (χ1n) is 10.0. The van der Waals surface area contributed by atoms with Crippen LogP contribution in [0.5, 0.6) is 5.75 Å². The molecule has 0 radical (unpaired) electrons. The van der Waals surface area contributed by atoms with E-state index >= 15 is 0 Å². The molecule has 0 amide bonds. The molecule has 1 aromatic heterocycles. The molecule has 0 aliphatic rings. The zero-order valence-electron chi connectivity index (χ0n) is 17.6. The summed E-state index contributed by atoms with van der Waals surface area (Å²) in [5.41, 5.74) is 1.89. The van der Waals surface area contributed by atoms with Gasteiger partial charge in [0, 0.05) is 22.8 Å². The van der Waals surface area contributed by atoms with Crippen LogP contribution >= 0.6 is 11.3 Å². The Morgan fingerprint density at radius 1 is 1.09 bits per heavy atom. The number of thiophene rings is 1. The quantitative estimate of drug-likeness (QED) is 0.401.